The molecule has 168 valence electrons. The van der Waals surface area contributed by atoms with Gasteiger partial charge in [0.15, 0.2) is 0 Å². The van der Waals surface area contributed by atoms with E-state index in [1.807, 2.05) is 21.0 Å². The van der Waals surface area contributed by atoms with Crippen molar-refractivity contribution in [2.24, 2.45) is 11.8 Å². The van der Waals surface area contributed by atoms with Gasteiger partial charge in [0, 0.05) is 13.5 Å². The van der Waals surface area contributed by atoms with E-state index in [4.69, 9.17) is 9.47 Å². The summed E-state index contributed by atoms with van der Waals surface area (Å²) in [6.07, 6.45) is 17.3. The predicted octanol–water partition coefficient (Wildman–Crippen LogP) is 6.90. The largest absolute Gasteiger partial charge is 0.463 e. The summed E-state index contributed by atoms with van der Waals surface area (Å²) in [4.78, 5) is 11.6. The molecule has 0 radical (unpaired) electrons. The molecule has 0 heterocycles. The molecule has 1 saturated carbocycles. The van der Waals surface area contributed by atoms with Crippen molar-refractivity contribution in [3.63, 3.8) is 0 Å². The van der Waals surface area contributed by atoms with Crippen LogP contribution in [0.3, 0.4) is 0 Å². The summed E-state index contributed by atoms with van der Waals surface area (Å²) in [5.74, 6) is 1.58. The Hall–Kier alpha value is -1.61. The number of allylic oxidation sites excluding steroid dienone is 2. The first-order valence-corrected chi connectivity index (χ1v) is 12.0. The van der Waals surface area contributed by atoms with Gasteiger partial charge in [-0.15, -0.1) is 0 Å². The topological polar surface area (TPSA) is 35.5 Å². The number of esters is 1. The highest BCUT2D eigenvalue weighted by Crippen LogP contribution is 2.38. The van der Waals surface area contributed by atoms with Gasteiger partial charge in [-0.05, 0) is 82.6 Å². The Morgan fingerprint density at radius 2 is 1.87 bits per heavy atom. The number of benzene rings is 1. The first-order valence-electron chi connectivity index (χ1n) is 12.0. The number of ether oxygens (including phenoxy) is 2. The average molecular weight is 415 g/mol. The van der Waals surface area contributed by atoms with Gasteiger partial charge in [0.25, 0.3) is 0 Å². The maximum Gasteiger partial charge on any atom is 0.306 e. The van der Waals surface area contributed by atoms with Gasteiger partial charge in [0.1, 0.15) is 0 Å². The number of methoxy groups -OCH3 is 1. The van der Waals surface area contributed by atoms with Crippen LogP contribution in [0.5, 0.6) is 0 Å². The first-order chi connectivity index (χ1) is 14.6. The summed E-state index contributed by atoms with van der Waals surface area (Å²) in [5, 5.41) is 0. The molecule has 0 N–H and O–H groups in total. The van der Waals surface area contributed by atoms with Crippen molar-refractivity contribution in [2.45, 2.75) is 96.7 Å². The molecule has 3 heteroatoms. The first kappa shape index (κ1) is 24.7. The molecule has 0 spiro atoms. The quantitative estimate of drug-likeness (QED) is 0.189. The summed E-state index contributed by atoms with van der Waals surface area (Å²) < 4.78 is 11.0. The van der Waals surface area contributed by atoms with E-state index in [1.54, 1.807) is 0 Å². The van der Waals surface area contributed by atoms with Gasteiger partial charge < -0.3 is 9.47 Å². The highest BCUT2D eigenvalue weighted by atomic mass is 16.5. The average Bonchev–Trinajstić information content (AvgIpc) is 3.18. The SMILES string of the molecule is CO[C@@H](CCc1ccccc1)CCC1CCC[C@@H]1C/C=C\CCCC(=O)OC(C)C. The molecule has 1 aromatic carbocycles. The molecule has 0 aromatic heterocycles. The lowest BCUT2D eigenvalue weighted by atomic mass is 9.87. The second kappa shape index (κ2) is 14.4. The van der Waals surface area contributed by atoms with Crippen molar-refractivity contribution in [1.82, 2.24) is 0 Å². The molecule has 3 atom stereocenters. The lowest BCUT2D eigenvalue weighted by Crippen LogP contribution is -2.16. The number of hydrogen-bond donors (Lipinski definition) is 0. The molecule has 1 fully saturated rings. The summed E-state index contributed by atoms with van der Waals surface area (Å²) in [6.45, 7) is 3.79. The van der Waals surface area contributed by atoms with Crippen LogP contribution in [0.2, 0.25) is 0 Å². The second-order valence-electron chi connectivity index (χ2n) is 9.05. The van der Waals surface area contributed by atoms with Crippen molar-refractivity contribution >= 4 is 5.97 Å². The molecule has 0 bridgehead atoms. The zero-order valence-corrected chi connectivity index (χ0v) is 19.4. The number of hydrogen-bond acceptors (Lipinski definition) is 3. The third kappa shape index (κ3) is 9.93. The highest BCUT2D eigenvalue weighted by Gasteiger charge is 2.26. The summed E-state index contributed by atoms with van der Waals surface area (Å²) in [5.41, 5.74) is 1.40. The molecule has 30 heavy (non-hydrogen) atoms. The highest BCUT2D eigenvalue weighted by molar-refractivity contribution is 5.69. The fraction of sp³-hybridized carbons (Fsp3) is 0.667. The van der Waals surface area contributed by atoms with Crippen LogP contribution in [0.1, 0.15) is 83.6 Å². The van der Waals surface area contributed by atoms with E-state index in [1.165, 1.54) is 44.1 Å². The molecule has 3 nitrogen and oxygen atoms in total. The van der Waals surface area contributed by atoms with Crippen molar-refractivity contribution in [2.75, 3.05) is 7.11 Å². The van der Waals surface area contributed by atoms with Crippen LogP contribution >= 0.6 is 0 Å². The van der Waals surface area contributed by atoms with Crippen LogP contribution in [-0.2, 0) is 20.7 Å². The third-order valence-corrected chi connectivity index (χ3v) is 6.33. The standard InChI is InChI=1S/C27H42O3/c1-22(2)30-27(28)17-10-5-4-9-14-24-15-11-16-25(24)19-21-26(29-3)20-18-23-12-7-6-8-13-23/h4,6-9,12-13,22,24-26H,5,10-11,14-21H2,1-3H3/b9-4-/t24-,25?,26-/m0/s1. The molecule has 0 saturated heterocycles. The molecular formula is C27H42O3. The molecule has 1 aliphatic carbocycles. The van der Waals surface area contributed by atoms with E-state index in [0.717, 1.165) is 37.5 Å². The van der Waals surface area contributed by atoms with Crippen molar-refractivity contribution in [3.8, 4) is 0 Å². The van der Waals surface area contributed by atoms with E-state index < -0.39 is 0 Å². The lowest BCUT2D eigenvalue weighted by molar-refractivity contribution is -0.147. The van der Waals surface area contributed by atoms with Crippen LogP contribution in [-0.4, -0.2) is 25.3 Å². The van der Waals surface area contributed by atoms with Crippen molar-refractivity contribution in [3.05, 3.63) is 48.0 Å². The molecule has 0 amide bonds. The minimum absolute atomic E-state index is 0.0108. The Labute approximate surface area is 184 Å². The monoisotopic (exact) mass is 414 g/mol. The molecule has 1 aliphatic rings. The number of carbonyl (C=O) groups excluding carboxylic acids is 1. The Kier molecular flexibility index (Phi) is 11.8. The minimum atomic E-state index is -0.0748. The number of unbranched alkanes of at least 4 members (excludes halogenated alkanes) is 1. The van der Waals surface area contributed by atoms with Gasteiger partial charge in [-0.25, -0.2) is 0 Å². The van der Waals surface area contributed by atoms with Gasteiger partial charge >= 0.3 is 5.97 Å². The predicted molar refractivity (Wildman–Crippen MR) is 124 cm³/mol. The molecule has 0 aliphatic heterocycles. The zero-order chi connectivity index (χ0) is 21.6. The molecular weight excluding hydrogens is 372 g/mol. The van der Waals surface area contributed by atoms with Crippen LogP contribution in [0.4, 0.5) is 0 Å². The van der Waals surface area contributed by atoms with Gasteiger partial charge in [-0.2, -0.15) is 0 Å². The second-order valence-corrected chi connectivity index (χ2v) is 9.05. The molecule has 2 rings (SSSR count). The smallest absolute Gasteiger partial charge is 0.306 e. The van der Waals surface area contributed by atoms with Crippen LogP contribution < -0.4 is 0 Å². The molecule has 1 unspecified atom stereocenters. The normalized spacial score (nSPS) is 20.1. The number of rotatable bonds is 14. The summed E-state index contributed by atoms with van der Waals surface area (Å²) in [7, 11) is 1.86. The lowest BCUT2D eigenvalue weighted by Gasteiger charge is -2.22. The maximum atomic E-state index is 11.6. The Morgan fingerprint density at radius 3 is 2.60 bits per heavy atom. The number of carbonyl (C=O) groups is 1. The van der Waals surface area contributed by atoms with Gasteiger partial charge in [0.2, 0.25) is 0 Å². The maximum absolute atomic E-state index is 11.6. The van der Waals surface area contributed by atoms with Gasteiger partial charge in [-0.3, -0.25) is 4.79 Å². The van der Waals surface area contributed by atoms with E-state index >= 15 is 0 Å². The molecule has 1 aromatic rings. The Balaban J connectivity index is 1.62. The van der Waals surface area contributed by atoms with Gasteiger partial charge in [-0.1, -0.05) is 55.3 Å². The van der Waals surface area contributed by atoms with Crippen LogP contribution in [0.15, 0.2) is 42.5 Å². The number of aryl methyl sites for hydroxylation is 1. The van der Waals surface area contributed by atoms with Crippen molar-refractivity contribution < 1.29 is 14.3 Å². The van der Waals surface area contributed by atoms with E-state index in [-0.39, 0.29) is 12.1 Å². The van der Waals surface area contributed by atoms with Crippen molar-refractivity contribution in [1.29, 1.82) is 0 Å². The van der Waals surface area contributed by atoms with E-state index in [0.29, 0.717) is 12.5 Å². The fourth-order valence-electron chi connectivity index (χ4n) is 4.63. The minimum Gasteiger partial charge on any atom is -0.463 e. The summed E-state index contributed by atoms with van der Waals surface area (Å²) in [6, 6.07) is 10.7. The van der Waals surface area contributed by atoms with E-state index in [2.05, 4.69) is 42.5 Å². The Morgan fingerprint density at radius 1 is 1.10 bits per heavy atom. The zero-order valence-electron chi connectivity index (χ0n) is 19.4. The third-order valence-electron chi connectivity index (χ3n) is 6.33. The summed E-state index contributed by atoms with van der Waals surface area (Å²) >= 11 is 0. The van der Waals surface area contributed by atoms with Gasteiger partial charge in [0.05, 0.1) is 12.2 Å². The Bertz CT molecular complexity index is 608. The van der Waals surface area contributed by atoms with Crippen LogP contribution in [0, 0.1) is 11.8 Å². The fourth-order valence-corrected chi connectivity index (χ4v) is 4.63. The van der Waals surface area contributed by atoms with E-state index in [9.17, 15) is 4.79 Å². The van der Waals surface area contributed by atoms with Crippen LogP contribution in [0.25, 0.3) is 0 Å².